The number of ether oxygens (including phenoxy) is 1. The van der Waals surface area contributed by atoms with Crippen molar-refractivity contribution < 1.29 is 14.3 Å². The summed E-state index contributed by atoms with van der Waals surface area (Å²) >= 11 is 0. The van der Waals surface area contributed by atoms with Gasteiger partial charge in [0.15, 0.2) is 0 Å². The van der Waals surface area contributed by atoms with Crippen LogP contribution >= 0.6 is 0 Å². The number of rotatable bonds is 5. The Morgan fingerprint density at radius 1 is 1.41 bits per heavy atom. The van der Waals surface area contributed by atoms with Crippen molar-refractivity contribution in [2.24, 2.45) is 5.92 Å². The largest absolute Gasteiger partial charge is 0.462 e. The fraction of sp³-hybridized carbons (Fsp3) is 0.714. The molecule has 0 heterocycles. The van der Waals surface area contributed by atoms with Gasteiger partial charge in [-0.15, -0.1) is 0 Å². The van der Waals surface area contributed by atoms with Crippen LogP contribution in [0.15, 0.2) is 12.2 Å². The van der Waals surface area contributed by atoms with Crippen molar-refractivity contribution in [2.75, 3.05) is 6.61 Å². The highest BCUT2D eigenvalue weighted by Crippen LogP contribution is 2.23. The third-order valence-corrected chi connectivity index (χ3v) is 3.21. The molecule has 0 N–H and O–H groups in total. The van der Waals surface area contributed by atoms with Crippen LogP contribution in [-0.2, 0) is 14.3 Å². The van der Waals surface area contributed by atoms with Crippen molar-refractivity contribution in [1.29, 1.82) is 0 Å². The first kappa shape index (κ1) is 13.9. The van der Waals surface area contributed by atoms with E-state index in [4.69, 9.17) is 4.74 Å². The summed E-state index contributed by atoms with van der Waals surface area (Å²) in [7, 11) is 0. The zero-order valence-electron chi connectivity index (χ0n) is 10.7. The van der Waals surface area contributed by atoms with Gasteiger partial charge < -0.3 is 4.74 Å². The van der Waals surface area contributed by atoms with Gasteiger partial charge in [0, 0.05) is 17.9 Å². The van der Waals surface area contributed by atoms with Crippen molar-refractivity contribution >= 4 is 11.8 Å². The van der Waals surface area contributed by atoms with Gasteiger partial charge >= 0.3 is 5.97 Å². The minimum atomic E-state index is -0.336. The molecule has 0 aromatic rings. The Morgan fingerprint density at radius 2 is 2.18 bits per heavy atom. The number of carbonyl (C=O) groups excluding carboxylic acids is 2. The second-order valence-corrected chi connectivity index (χ2v) is 4.82. The van der Waals surface area contributed by atoms with Crippen LogP contribution in [0, 0.1) is 5.92 Å². The van der Waals surface area contributed by atoms with Gasteiger partial charge in [-0.2, -0.15) is 0 Å². The molecule has 1 unspecified atom stereocenters. The Labute approximate surface area is 103 Å². The van der Waals surface area contributed by atoms with E-state index in [1.54, 1.807) is 6.92 Å². The topological polar surface area (TPSA) is 43.4 Å². The lowest BCUT2D eigenvalue weighted by atomic mass is 9.94. The molecule has 1 aliphatic rings. The normalized spacial score (nSPS) is 20.8. The highest BCUT2D eigenvalue weighted by molar-refractivity contribution is 5.86. The quantitative estimate of drug-likeness (QED) is 0.320. The molecule has 0 aromatic heterocycles. The summed E-state index contributed by atoms with van der Waals surface area (Å²) < 4.78 is 5.01. The van der Waals surface area contributed by atoms with Crippen molar-refractivity contribution in [3.8, 4) is 0 Å². The fourth-order valence-corrected chi connectivity index (χ4v) is 2.15. The molecule has 1 fully saturated rings. The first-order valence-corrected chi connectivity index (χ1v) is 6.46. The van der Waals surface area contributed by atoms with Gasteiger partial charge in [0.1, 0.15) is 5.78 Å². The minimum absolute atomic E-state index is 0.195. The van der Waals surface area contributed by atoms with E-state index in [0.29, 0.717) is 18.0 Å². The van der Waals surface area contributed by atoms with Crippen LogP contribution in [0.3, 0.4) is 0 Å². The molecule has 0 bridgehead atoms. The fourth-order valence-electron chi connectivity index (χ4n) is 2.15. The van der Waals surface area contributed by atoms with E-state index in [1.165, 1.54) is 6.42 Å². The van der Waals surface area contributed by atoms with Crippen molar-refractivity contribution in [2.45, 2.75) is 51.9 Å². The smallest absolute Gasteiger partial charge is 0.333 e. The predicted octanol–water partition coefficient (Wildman–Crippen LogP) is 3.04. The summed E-state index contributed by atoms with van der Waals surface area (Å²) in [5, 5.41) is 0. The van der Waals surface area contributed by atoms with E-state index >= 15 is 0 Å². The monoisotopic (exact) mass is 238 g/mol. The number of carbonyl (C=O) groups is 2. The third kappa shape index (κ3) is 5.16. The lowest BCUT2D eigenvalue weighted by Crippen LogP contribution is -2.14. The van der Waals surface area contributed by atoms with Crippen molar-refractivity contribution in [3.05, 3.63) is 12.2 Å². The Morgan fingerprint density at radius 3 is 2.88 bits per heavy atom. The molecule has 1 aliphatic carbocycles. The summed E-state index contributed by atoms with van der Waals surface area (Å²) in [5.41, 5.74) is 0.426. The average molecular weight is 238 g/mol. The van der Waals surface area contributed by atoms with Gasteiger partial charge in [-0.05, 0) is 32.6 Å². The molecule has 96 valence electrons. The Hall–Kier alpha value is -1.12. The van der Waals surface area contributed by atoms with Crippen molar-refractivity contribution in [3.63, 3.8) is 0 Å². The molecule has 0 saturated heterocycles. The molecule has 0 spiro atoms. The third-order valence-electron chi connectivity index (χ3n) is 3.21. The van der Waals surface area contributed by atoms with E-state index in [2.05, 4.69) is 6.58 Å². The molecule has 3 heteroatoms. The molecule has 1 saturated carbocycles. The second-order valence-electron chi connectivity index (χ2n) is 4.82. The summed E-state index contributed by atoms with van der Waals surface area (Å²) in [6.07, 6.45) is 6.73. The first-order chi connectivity index (χ1) is 8.11. The van der Waals surface area contributed by atoms with E-state index in [-0.39, 0.29) is 11.9 Å². The number of hydrogen-bond donors (Lipinski definition) is 0. The van der Waals surface area contributed by atoms with Crippen molar-refractivity contribution in [1.82, 2.24) is 0 Å². The van der Waals surface area contributed by atoms with Gasteiger partial charge in [0.2, 0.25) is 0 Å². The summed E-state index contributed by atoms with van der Waals surface area (Å²) in [4.78, 5) is 22.9. The molecule has 0 radical (unpaired) electrons. The summed E-state index contributed by atoms with van der Waals surface area (Å²) in [6, 6.07) is 0. The van der Waals surface area contributed by atoms with Crippen LogP contribution < -0.4 is 0 Å². The molecule has 0 aromatic carbocycles. The standard InChI is InChI=1S/C14H22O3/c1-11(2)14(16)17-10-6-8-12-7-4-3-5-9-13(12)15/h12H,1,3-10H2,2H3. The van der Waals surface area contributed by atoms with Crippen LogP contribution in [0.4, 0.5) is 0 Å². The first-order valence-electron chi connectivity index (χ1n) is 6.46. The summed E-state index contributed by atoms with van der Waals surface area (Å²) in [6.45, 7) is 5.55. The lowest BCUT2D eigenvalue weighted by molar-refractivity contribution is -0.139. The molecular formula is C14H22O3. The second kappa shape index (κ2) is 7.25. The van der Waals surface area contributed by atoms with Gasteiger partial charge in [0.05, 0.1) is 6.61 Å². The molecule has 0 amide bonds. The molecule has 1 atom stereocenters. The number of ketones is 1. The van der Waals surface area contributed by atoms with Crippen LogP contribution in [0.1, 0.15) is 51.9 Å². The van der Waals surface area contributed by atoms with Crippen LogP contribution in [0.25, 0.3) is 0 Å². The van der Waals surface area contributed by atoms with Gasteiger partial charge in [-0.25, -0.2) is 4.79 Å². The maximum Gasteiger partial charge on any atom is 0.333 e. The minimum Gasteiger partial charge on any atom is -0.462 e. The highest BCUT2D eigenvalue weighted by atomic mass is 16.5. The van der Waals surface area contributed by atoms with Gasteiger partial charge in [0.25, 0.3) is 0 Å². The zero-order chi connectivity index (χ0) is 12.7. The number of esters is 1. The molecule has 17 heavy (non-hydrogen) atoms. The van der Waals surface area contributed by atoms with Crippen LogP contribution in [-0.4, -0.2) is 18.4 Å². The molecule has 3 nitrogen and oxygen atoms in total. The Balaban J connectivity index is 2.19. The predicted molar refractivity (Wildman–Crippen MR) is 66.6 cm³/mol. The number of hydrogen-bond acceptors (Lipinski definition) is 3. The van der Waals surface area contributed by atoms with Gasteiger partial charge in [-0.1, -0.05) is 19.4 Å². The van der Waals surface area contributed by atoms with E-state index in [9.17, 15) is 9.59 Å². The summed E-state index contributed by atoms with van der Waals surface area (Å²) in [5.74, 6) is 0.256. The molecule has 0 aliphatic heterocycles. The zero-order valence-corrected chi connectivity index (χ0v) is 10.7. The highest BCUT2D eigenvalue weighted by Gasteiger charge is 2.20. The maximum absolute atomic E-state index is 11.7. The van der Waals surface area contributed by atoms with E-state index < -0.39 is 0 Å². The van der Waals surface area contributed by atoms with Crippen LogP contribution in [0.5, 0.6) is 0 Å². The van der Waals surface area contributed by atoms with E-state index in [0.717, 1.165) is 38.5 Å². The Bertz CT molecular complexity index is 294. The molecular weight excluding hydrogens is 216 g/mol. The van der Waals surface area contributed by atoms with Gasteiger partial charge in [-0.3, -0.25) is 4.79 Å². The lowest BCUT2D eigenvalue weighted by Gasteiger charge is -2.12. The molecule has 1 rings (SSSR count). The number of Topliss-reactive ketones (excluding diaryl/α,β-unsaturated/α-hetero) is 1. The van der Waals surface area contributed by atoms with E-state index in [1.807, 2.05) is 0 Å². The van der Waals surface area contributed by atoms with Crippen LogP contribution in [0.2, 0.25) is 0 Å². The SMILES string of the molecule is C=C(C)C(=O)OCCCC1CCCCCC1=O. The average Bonchev–Trinajstić information content (AvgIpc) is 2.49. The maximum atomic E-state index is 11.7. The Kier molecular flexibility index (Phi) is 5.95.